The van der Waals surface area contributed by atoms with Gasteiger partial charge in [-0.1, -0.05) is 105 Å². The number of carbonyl (C=O) groups is 13. The quantitative estimate of drug-likeness (QED) is 0.0172. The molecular weight excluding hydrogens is 1570 g/mol. The lowest BCUT2D eigenvalue weighted by molar-refractivity contribution is -0.196. The number of hydrogen-bond acceptors (Lipinski definition) is 25. The van der Waals surface area contributed by atoms with Crippen LogP contribution in [-0.2, 0) is 106 Å². The number of pyridine rings is 1. The summed E-state index contributed by atoms with van der Waals surface area (Å²) in [6.07, 6.45) is -7.47. The van der Waals surface area contributed by atoms with Crippen molar-refractivity contribution in [3.63, 3.8) is 0 Å². The summed E-state index contributed by atoms with van der Waals surface area (Å²) in [5.74, 6) is -12.6. The van der Waals surface area contributed by atoms with Gasteiger partial charge in [0.05, 0.1) is 87.4 Å². The number of ketones is 2. The van der Waals surface area contributed by atoms with Crippen molar-refractivity contribution >= 4 is 93.5 Å². The smallest absolute Gasteiger partial charge is 0.410 e. The van der Waals surface area contributed by atoms with Gasteiger partial charge in [0.1, 0.15) is 48.2 Å². The standard InChI is InChI=1S/C84H126N14O23/c1-19-49(8)68(61(115-17)43-64(101)98-35-24-28-59(98)73(116-18)50(9)76(106)89-51(10)69(102)55-25-21-20-22-26-55)95(15)81(111)66(47(4)5)93-80(110)67(48(6)7)96(16)84(114)119-45-54-29-30-58(60(41-54)120-83-72(105)70(103)71(104)74(121-83)82(112)113)91-78(108)53(12)90-79(109)65(46(2)3)92-63(100)32-37-117-39-40-118-38-34-87-77(107)52(11)88-62(99)31-36-97-57(44-94(14)85-13)42-56-27-23-33-86-75(56)97/h20-23,25-27,29-30,33,41-42,46-53,59,61,65-70,73-74,83,85,102-103H,19,24,28,31-32,34-40,43-45H2,1-18H3,(H,87,107)(H,88,99)(H,89,106)(H,90,109)(H,91,108)(H,92,100)(H,93,110)(H,112,113)/t49-,50+,51+,52-,53-,59-,61+,65-,66-,67-,68-,69+,70-,73+,74-,83+/m0/s1. The van der Waals surface area contributed by atoms with E-state index in [9.17, 15) is 77.6 Å². The first kappa shape index (κ1) is 99.7. The molecule has 6 rings (SSSR count). The molecular formula is C84H126N14O23. The summed E-state index contributed by atoms with van der Waals surface area (Å²) < 4.78 is 41.9. The van der Waals surface area contributed by atoms with E-state index in [-0.39, 0.29) is 87.1 Å². The van der Waals surface area contributed by atoms with E-state index in [1.807, 2.05) is 61.8 Å². The van der Waals surface area contributed by atoms with Crippen LogP contribution in [0.1, 0.15) is 145 Å². The number of methoxy groups -OCH3 is 2. The van der Waals surface area contributed by atoms with Gasteiger partial charge in [-0.15, -0.1) is 0 Å². The van der Waals surface area contributed by atoms with Crippen molar-refractivity contribution in [2.75, 3.05) is 87.2 Å². The minimum absolute atomic E-state index is 0.0615. The zero-order valence-electron chi connectivity index (χ0n) is 72.7. The van der Waals surface area contributed by atoms with E-state index in [1.54, 1.807) is 105 Å². The van der Waals surface area contributed by atoms with Crippen molar-refractivity contribution in [2.45, 2.75) is 226 Å². The highest BCUT2D eigenvalue weighted by Gasteiger charge is 2.49. The predicted octanol–water partition coefficient (Wildman–Crippen LogP) is 2.90. The third kappa shape index (κ3) is 28.0. The lowest BCUT2D eigenvalue weighted by Gasteiger charge is -2.41. The number of rotatable bonds is 48. The van der Waals surface area contributed by atoms with Crippen LogP contribution < -0.4 is 47.4 Å². The van der Waals surface area contributed by atoms with Crippen molar-refractivity contribution < 1.29 is 111 Å². The molecule has 2 aliphatic heterocycles. The van der Waals surface area contributed by atoms with Gasteiger partial charge >= 0.3 is 12.1 Å². The van der Waals surface area contributed by atoms with Crippen LogP contribution in [0.15, 0.2) is 72.9 Å². The molecule has 0 spiro atoms. The number of likely N-dealkylation sites (N-methyl/N-ethyl adjacent to an activating group) is 2. The van der Waals surface area contributed by atoms with Crippen molar-refractivity contribution in [2.24, 2.45) is 29.6 Å². The number of Topliss-reactive ketones (excluding diaryl/α,β-unsaturated/α-hetero) is 2. The Balaban J connectivity index is 1.02. The number of benzene rings is 2. The van der Waals surface area contributed by atoms with Gasteiger partial charge in [0, 0.05) is 85.1 Å². The minimum Gasteiger partial charge on any atom is -0.479 e. The summed E-state index contributed by atoms with van der Waals surface area (Å²) >= 11 is 0. The van der Waals surface area contributed by atoms with E-state index < -0.39 is 180 Å². The number of nitrogens with zero attached hydrogens (tertiary/aromatic N) is 6. The van der Waals surface area contributed by atoms with E-state index in [1.165, 1.54) is 45.2 Å². The van der Waals surface area contributed by atoms with Crippen LogP contribution in [-0.4, -0.2) is 282 Å². The average Bonchev–Trinajstić information content (AvgIpc) is 1.78. The molecule has 16 atom stereocenters. The topological polar surface area (TPSA) is 474 Å². The zero-order valence-corrected chi connectivity index (χ0v) is 72.7. The van der Waals surface area contributed by atoms with Crippen LogP contribution in [0.4, 0.5) is 10.5 Å². The zero-order chi connectivity index (χ0) is 89.8. The number of aliphatic hydroxyl groups excluding tert-OH is 2. The largest absolute Gasteiger partial charge is 0.479 e. The van der Waals surface area contributed by atoms with E-state index in [0.717, 1.165) is 27.7 Å². The van der Waals surface area contributed by atoms with Gasteiger partial charge in [0.2, 0.25) is 70.8 Å². The monoisotopic (exact) mass is 1700 g/mol. The van der Waals surface area contributed by atoms with Gasteiger partial charge < -0.3 is 100 Å². The van der Waals surface area contributed by atoms with Gasteiger partial charge in [0.15, 0.2) is 6.10 Å². The molecule has 37 nitrogen and oxygen atoms in total. The maximum Gasteiger partial charge on any atom is 0.410 e. The number of aromatic nitrogens is 2. The molecule has 2 aliphatic rings. The molecule has 0 saturated carbocycles. The third-order valence-corrected chi connectivity index (χ3v) is 21.8. The minimum atomic E-state index is -2.50. The lowest BCUT2D eigenvalue weighted by atomic mass is 9.89. The molecule has 670 valence electrons. The molecule has 2 saturated heterocycles. The number of amides is 10. The molecule has 121 heavy (non-hydrogen) atoms. The fourth-order valence-corrected chi connectivity index (χ4v) is 14.6. The van der Waals surface area contributed by atoms with Crippen molar-refractivity contribution in [3.8, 4) is 5.75 Å². The third-order valence-electron chi connectivity index (χ3n) is 21.8. The Morgan fingerprint density at radius 3 is 1.98 bits per heavy atom. The number of aliphatic hydroxyl groups is 2. The molecule has 2 aromatic heterocycles. The van der Waals surface area contributed by atoms with Gasteiger partial charge in [0.25, 0.3) is 6.29 Å². The predicted molar refractivity (Wildman–Crippen MR) is 443 cm³/mol. The van der Waals surface area contributed by atoms with Crippen LogP contribution in [0.3, 0.4) is 0 Å². The van der Waals surface area contributed by atoms with Gasteiger partial charge in [-0.2, -0.15) is 0 Å². The first-order valence-corrected chi connectivity index (χ1v) is 41.0. The Hall–Kier alpha value is -10.1. The number of carboxylic acid groups (broad SMARTS) is 1. The van der Waals surface area contributed by atoms with E-state index in [4.69, 9.17) is 33.2 Å². The fraction of sp³-hybridized carbons (Fsp3) is 0.619. The molecule has 4 aromatic rings. The Morgan fingerprint density at radius 2 is 1.36 bits per heavy atom. The van der Waals surface area contributed by atoms with Crippen molar-refractivity contribution in [1.29, 1.82) is 0 Å². The normalized spacial score (nSPS) is 18.5. The second-order valence-corrected chi connectivity index (χ2v) is 31.8. The maximum atomic E-state index is 15.0. The molecule has 37 heteroatoms. The fourth-order valence-electron chi connectivity index (χ4n) is 14.6. The molecule has 0 aliphatic carbocycles. The number of carboxylic acids is 1. The van der Waals surface area contributed by atoms with Crippen molar-refractivity contribution in [1.82, 2.24) is 66.6 Å². The molecule has 2 aromatic carbocycles. The number of ether oxygens (including phenoxy) is 7. The van der Waals surface area contributed by atoms with Crippen LogP contribution in [0.2, 0.25) is 0 Å². The molecule has 2 fully saturated rings. The summed E-state index contributed by atoms with van der Waals surface area (Å²) in [4.78, 5) is 185. The Bertz CT molecular complexity index is 4170. The van der Waals surface area contributed by atoms with Gasteiger partial charge in [-0.3, -0.25) is 63.1 Å². The highest BCUT2D eigenvalue weighted by molar-refractivity contribution is 6.16. The molecule has 0 bridgehead atoms. The number of nitrogens with one attached hydrogen (secondary N) is 8. The number of aryl methyl sites for hydroxylation is 1. The summed E-state index contributed by atoms with van der Waals surface area (Å²) in [6, 6.07) is 10.9. The highest BCUT2D eigenvalue weighted by atomic mass is 16.7. The Morgan fingerprint density at radius 1 is 0.694 bits per heavy atom. The second-order valence-electron chi connectivity index (χ2n) is 31.8. The molecule has 0 radical (unpaired) electrons. The maximum absolute atomic E-state index is 15.0. The average molecular weight is 1700 g/mol. The summed E-state index contributed by atoms with van der Waals surface area (Å²) in [5, 5.41) is 53.2. The number of likely N-dealkylation sites (tertiary alicyclic amines) is 1. The Kier molecular flexibility index (Phi) is 39.5. The van der Waals surface area contributed by atoms with Crippen LogP contribution in [0.5, 0.6) is 5.75 Å². The SMILES string of the molecule is CC[C@H](C)[C@@H]([C@@H](CC(=O)N1CCC[C@H]1[C@H](OC)[C@@H](C)C(=O)N[C@H](C)[C@@H](O)c1ccccc1)OC)N(C)C(=O)[C@@H](NC(=O)[C@H](C(C)C)N(C)C(=O)OCc1ccc(NC(=O)[C@H](C)NC(=O)[C@@H](NC(=O)CCOCCOCCNC(=O)[C@H](C)NC(=O)CCn2c(CN(C)NC)cc3cccnc32)C(C)C)c(O[C@@H]2O[C@H](C(=O)O)C(=O)[C@H](O)C2=O)c1)C(C)C. The van der Waals surface area contributed by atoms with Crippen LogP contribution in [0.25, 0.3) is 11.0 Å². The highest BCUT2D eigenvalue weighted by Crippen LogP contribution is 2.33. The first-order valence-electron chi connectivity index (χ1n) is 41.0. The summed E-state index contributed by atoms with van der Waals surface area (Å²) in [7, 11) is 9.55. The van der Waals surface area contributed by atoms with Crippen molar-refractivity contribution in [3.05, 3.63) is 89.7 Å². The number of fused-ring (bicyclic) bond motifs is 1. The van der Waals surface area contributed by atoms with Crippen LogP contribution in [0, 0.1) is 29.6 Å². The molecule has 11 N–H and O–H groups in total. The second kappa shape index (κ2) is 47.9. The molecule has 10 amide bonds. The number of hydrogen-bond donors (Lipinski definition) is 11. The Labute approximate surface area is 706 Å². The van der Waals surface area contributed by atoms with Gasteiger partial charge in [-0.25, -0.2) is 19.6 Å². The first-order chi connectivity index (χ1) is 57.3. The van der Waals surface area contributed by atoms with E-state index in [2.05, 4.69) is 47.6 Å². The molecule has 4 heterocycles. The van der Waals surface area contributed by atoms with Crippen LogP contribution >= 0.6 is 0 Å². The van der Waals surface area contributed by atoms with Gasteiger partial charge in [-0.05, 0) is 106 Å². The summed E-state index contributed by atoms with van der Waals surface area (Å²) in [5.41, 5.74) is 5.28. The molecule has 0 unspecified atom stereocenters. The summed E-state index contributed by atoms with van der Waals surface area (Å²) in [6.45, 7) is 21.4. The van der Waals surface area contributed by atoms with E-state index in [0.29, 0.717) is 44.5 Å². The number of carbonyl (C=O) groups excluding carboxylic acids is 12. The number of hydrazine groups is 1. The van der Waals surface area contributed by atoms with E-state index >= 15 is 0 Å². The number of anilines is 1. The lowest BCUT2D eigenvalue weighted by Crippen LogP contribution is -2.60. The number of aliphatic carboxylic acids is 1.